The molecular formula is C12H12N4. The van der Waals surface area contributed by atoms with E-state index in [-0.39, 0.29) is 0 Å². The topological polar surface area (TPSA) is 72.6 Å². The van der Waals surface area contributed by atoms with Gasteiger partial charge in [-0.15, -0.1) is 0 Å². The van der Waals surface area contributed by atoms with E-state index >= 15 is 0 Å². The maximum Gasteiger partial charge on any atom is 0.129 e. The number of aromatic nitrogens is 1. The van der Waals surface area contributed by atoms with E-state index in [9.17, 15) is 0 Å². The number of hydrogen-bond acceptors (Lipinski definition) is 4. The van der Waals surface area contributed by atoms with Crippen LogP contribution in [0.25, 0.3) is 0 Å². The van der Waals surface area contributed by atoms with Gasteiger partial charge in [0.25, 0.3) is 0 Å². The van der Waals surface area contributed by atoms with Crippen LogP contribution < -0.4 is 5.32 Å². The van der Waals surface area contributed by atoms with E-state index < -0.39 is 0 Å². The Hall–Kier alpha value is -2.15. The summed E-state index contributed by atoms with van der Waals surface area (Å²) in [5.74, 6) is 1.14. The van der Waals surface area contributed by atoms with Gasteiger partial charge in [-0.05, 0) is 31.1 Å². The lowest BCUT2D eigenvalue weighted by molar-refractivity contribution is 1.17. The van der Waals surface area contributed by atoms with Crippen LogP contribution in [0.1, 0.15) is 18.4 Å². The Labute approximate surface area is 94.1 Å². The third-order valence-corrected chi connectivity index (χ3v) is 2.40. The van der Waals surface area contributed by atoms with Crippen molar-refractivity contribution in [3.8, 4) is 6.07 Å². The molecule has 80 valence electrons. The highest BCUT2D eigenvalue weighted by molar-refractivity contribution is 5.96. The number of nitrogens with zero attached hydrogens (tertiary/aromatic N) is 2. The summed E-state index contributed by atoms with van der Waals surface area (Å²) in [6, 6.07) is 5.45. The molecule has 1 saturated carbocycles. The Kier molecular flexibility index (Phi) is 2.97. The summed E-state index contributed by atoms with van der Waals surface area (Å²) in [6.07, 6.45) is 7.27. The Bertz CT molecular complexity index is 449. The van der Waals surface area contributed by atoms with E-state index in [0.29, 0.717) is 23.0 Å². The first kappa shape index (κ1) is 10.4. The van der Waals surface area contributed by atoms with Gasteiger partial charge in [0.05, 0.1) is 5.56 Å². The average Bonchev–Trinajstić information content (AvgIpc) is 3.14. The SMILES string of the molecule is N#Cc1ccc(N/C=C\C(=N)C2CC2)nc1. The zero-order chi connectivity index (χ0) is 11.4. The van der Waals surface area contributed by atoms with Crippen molar-refractivity contribution in [2.45, 2.75) is 12.8 Å². The van der Waals surface area contributed by atoms with Gasteiger partial charge in [0.1, 0.15) is 11.9 Å². The molecule has 0 amide bonds. The van der Waals surface area contributed by atoms with E-state index in [0.717, 1.165) is 12.8 Å². The van der Waals surface area contributed by atoms with Gasteiger partial charge in [-0.25, -0.2) is 4.98 Å². The van der Waals surface area contributed by atoms with Crippen LogP contribution in [0.2, 0.25) is 0 Å². The van der Waals surface area contributed by atoms with Gasteiger partial charge in [0.15, 0.2) is 0 Å². The Morgan fingerprint density at radius 1 is 1.56 bits per heavy atom. The molecule has 1 aromatic rings. The highest BCUT2D eigenvalue weighted by Crippen LogP contribution is 2.30. The second-order valence-corrected chi connectivity index (χ2v) is 3.75. The Balaban J connectivity index is 1.89. The van der Waals surface area contributed by atoms with Crippen molar-refractivity contribution in [3.05, 3.63) is 36.2 Å². The van der Waals surface area contributed by atoms with Crippen molar-refractivity contribution >= 4 is 11.5 Å². The highest BCUT2D eigenvalue weighted by Gasteiger charge is 2.24. The minimum Gasteiger partial charge on any atom is -0.347 e. The van der Waals surface area contributed by atoms with Crippen molar-refractivity contribution in [2.24, 2.45) is 5.92 Å². The molecule has 1 heterocycles. The van der Waals surface area contributed by atoms with Crippen LogP contribution >= 0.6 is 0 Å². The molecule has 1 aromatic heterocycles. The molecule has 0 radical (unpaired) electrons. The fourth-order valence-corrected chi connectivity index (χ4v) is 1.29. The molecule has 0 aromatic carbocycles. The molecule has 0 atom stereocenters. The van der Waals surface area contributed by atoms with Crippen molar-refractivity contribution in [1.29, 1.82) is 10.7 Å². The predicted octanol–water partition coefficient (Wildman–Crippen LogP) is 2.31. The molecule has 2 rings (SSSR count). The van der Waals surface area contributed by atoms with Crippen molar-refractivity contribution in [2.75, 3.05) is 5.32 Å². The average molecular weight is 212 g/mol. The highest BCUT2D eigenvalue weighted by atomic mass is 15.0. The second kappa shape index (κ2) is 4.58. The Morgan fingerprint density at radius 3 is 2.94 bits per heavy atom. The normalized spacial score (nSPS) is 14.7. The first-order valence-electron chi connectivity index (χ1n) is 5.17. The molecule has 4 heteroatoms. The Morgan fingerprint density at radius 2 is 2.38 bits per heavy atom. The van der Waals surface area contributed by atoms with Crippen LogP contribution in [0.4, 0.5) is 5.82 Å². The quantitative estimate of drug-likeness (QED) is 0.752. The van der Waals surface area contributed by atoms with Crippen LogP contribution in [0, 0.1) is 22.7 Å². The number of rotatable bonds is 4. The minimum atomic E-state index is 0.465. The first-order valence-corrected chi connectivity index (χ1v) is 5.17. The second-order valence-electron chi connectivity index (χ2n) is 3.75. The van der Waals surface area contributed by atoms with Gasteiger partial charge in [0, 0.05) is 24.0 Å². The van der Waals surface area contributed by atoms with E-state index in [1.807, 2.05) is 6.07 Å². The predicted molar refractivity (Wildman–Crippen MR) is 62.2 cm³/mol. The van der Waals surface area contributed by atoms with E-state index in [4.69, 9.17) is 10.7 Å². The van der Waals surface area contributed by atoms with E-state index in [1.54, 1.807) is 24.4 Å². The first-order chi connectivity index (χ1) is 7.79. The standard InChI is InChI=1S/C12H12N4/c13-7-9-1-4-12(16-8-9)15-6-5-11(14)10-2-3-10/h1,4-6,8,10,14H,2-3H2,(H,15,16)/b6-5-,14-11?. The molecule has 2 N–H and O–H groups in total. The maximum absolute atomic E-state index is 8.59. The number of pyridine rings is 1. The summed E-state index contributed by atoms with van der Waals surface area (Å²) in [5.41, 5.74) is 1.21. The molecule has 0 saturated heterocycles. The molecule has 4 nitrogen and oxygen atoms in total. The summed E-state index contributed by atoms with van der Waals surface area (Å²) in [7, 11) is 0. The molecule has 16 heavy (non-hydrogen) atoms. The zero-order valence-electron chi connectivity index (χ0n) is 8.77. The van der Waals surface area contributed by atoms with Crippen LogP contribution in [0.15, 0.2) is 30.6 Å². The molecular weight excluding hydrogens is 200 g/mol. The van der Waals surface area contributed by atoms with Gasteiger partial charge in [-0.3, -0.25) is 0 Å². The lowest BCUT2D eigenvalue weighted by Gasteiger charge is -1.99. The summed E-state index contributed by atoms with van der Waals surface area (Å²) in [5, 5.41) is 19.2. The maximum atomic E-state index is 8.59. The minimum absolute atomic E-state index is 0.465. The number of nitriles is 1. The third kappa shape index (κ3) is 2.67. The van der Waals surface area contributed by atoms with Gasteiger partial charge in [-0.2, -0.15) is 5.26 Å². The lowest BCUT2D eigenvalue weighted by Crippen LogP contribution is -1.96. The molecule has 1 aliphatic rings. The van der Waals surface area contributed by atoms with Crippen LogP contribution in [0.3, 0.4) is 0 Å². The van der Waals surface area contributed by atoms with Crippen molar-refractivity contribution in [1.82, 2.24) is 4.98 Å². The largest absolute Gasteiger partial charge is 0.347 e. The smallest absolute Gasteiger partial charge is 0.129 e. The number of hydrogen-bond donors (Lipinski definition) is 2. The third-order valence-electron chi connectivity index (χ3n) is 2.40. The molecule has 0 spiro atoms. The fraction of sp³-hybridized carbons (Fsp3) is 0.250. The monoisotopic (exact) mass is 212 g/mol. The summed E-state index contributed by atoms with van der Waals surface area (Å²) in [6.45, 7) is 0. The van der Waals surface area contributed by atoms with E-state index in [1.165, 1.54) is 6.20 Å². The van der Waals surface area contributed by atoms with Gasteiger partial charge < -0.3 is 10.7 Å². The zero-order valence-corrected chi connectivity index (χ0v) is 8.77. The number of allylic oxidation sites excluding steroid dienone is 1. The van der Waals surface area contributed by atoms with Gasteiger partial charge >= 0.3 is 0 Å². The lowest BCUT2D eigenvalue weighted by atomic mass is 10.2. The number of anilines is 1. The van der Waals surface area contributed by atoms with Crippen LogP contribution in [0.5, 0.6) is 0 Å². The van der Waals surface area contributed by atoms with Crippen molar-refractivity contribution < 1.29 is 0 Å². The molecule has 0 unspecified atom stereocenters. The molecule has 0 bridgehead atoms. The summed E-state index contributed by atoms with van der Waals surface area (Å²) < 4.78 is 0. The fourth-order valence-electron chi connectivity index (χ4n) is 1.29. The van der Waals surface area contributed by atoms with Gasteiger partial charge in [-0.1, -0.05) is 0 Å². The molecule has 0 aliphatic heterocycles. The summed E-state index contributed by atoms with van der Waals surface area (Å²) >= 11 is 0. The van der Waals surface area contributed by atoms with Crippen molar-refractivity contribution in [3.63, 3.8) is 0 Å². The van der Waals surface area contributed by atoms with Crippen LogP contribution in [-0.4, -0.2) is 10.7 Å². The van der Waals surface area contributed by atoms with E-state index in [2.05, 4.69) is 10.3 Å². The molecule has 1 aliphatic carbocycles. The van der Waals surface area contributed by atoms with Crippen LogP contribution in [-0.2, 0) is 0 Å². The number of nitrogens with one attached hydrogen (secondary N) is 2. The van der Waals surface area contributed by atoms with Gasteiger partial charge in [0.2, 0.25) is 0 Å². The molecule has 1 fully saturated rings. The summed E-state index contributed by atoms with van der Waals surface area (Å²) in [4.78, 5) is 4.05.